The van der Waals surface area contributed by atoms with Gasteiger partial charge < -0.3 is 5.11 Å². The number of benzene rings is 1. The third kappa shape index (κ3) is 2.51. The van der Waals surface area contributed by atoms with E-state index in [2.05, 4.69) is 21.0 Å². The maximum absolute atomic E-state index is 10.1. The van der Waals surface area contributed by atoms with Crippen molar-refractivity contribution in [3.8, 4) is 0 Å². The number of hydrogen-bond acceptors (Lipinski definition) is 2. The number of halogens is 1. The van der Waals surface area contributed by atoms with Crippen LogP contribution in [0.3, 0.4) is 0 Å². The number of aryl methyl sites for hydroxylation is 1. The molecule has 0 amide bonds. The van der Waals surface area contributed by atoms with Crippen molar-refractivity contribution in [2.75, 3.05) is 0 Å². The van der Waals surface area contributed by atoms with Gasteiger partial charge in [-0.25, -0.2) is 0 Å². The van der Waals surface area contributed by atoms with Crippen molar-refractivity contribution in [1.29, 1.82) is 0 Å². The van der Waals surface area contributed by atoms with Crippen molar-refractivity contribution in [1.82, 2.24) is 9.78 Å². The highest BCUT2D eigenvalue weighted by atomic mass is 79.9. The molecule has 2 rings (SSSR count). The summed E-state index contributed by atoms with van der Waals surface area (Å²) in [5, 5.41) is 14.2. The molecule has 0 aliphatic carbocycles. The fourth-order valence-corrected chi connectivity index (χ4v) is 2.20. The molecule has 1 atom stereocenters. The van der Waals surface area contributed by atoms with Gasteiger partial charge in [-0.15, -0.1) is 0 Å². The minimum absolute atomic E-state index is 0.500. The first-order valence-electron chi connectivity index (χ1n) is 5.07. The SMILES string of the molecule is Cn1cc(CC(O)c2ccccc2Br)cn1. The van der Waals surface area contributed by atoms with Gasteiger partial charge in [-0.05, 0) is 17.2 Å². The van der Waals surface area contributed by atoms with Crippen LogP contribution in [0.4, 0.5) is 0 Å². The zero-order chi connectivity index (χ0) is 11.5. The van der Waals surface area contributed by atoms with E-state index in [4.69, 9.17) is 0 Å². The quantitative estimate of drug-likeness (QED) is 0.938. The van der Waals surface area contributed by atoms with Gasteiger partial charge in [0.25, 0.3) is 0 Å². The molecule has 16 heavy (non-hydrogen) atoms. The number of aliphatic hydroxyl groups is 1. The van der Waals surface area contributed by atoms with E-state index in [-0.39, 0.29) is 0 Å². The highest BCUT2D eigenvalue weighted by molar-refractivity contribution is 9.10. The molecule has 1 aromatic carbocycles. The van der Waals surface area contributed by atoms with E-state index in [9.17, 15) is 5.11 Å². The van der Waals surface area contributed by atoms with E-state index in [0.717, 1.165) is 15.6 Å². The van der Waals surface area contributed by atoms with Crippen molar-refractivity contribution in [2.24, 2.45) is 7.05 Å². The number of hydrogen-bond donors (Lipinski definition) is 1. The molecule has 0 saturated carbocycles. The standard InChI is InChI=1S/C12H13BrN2O/c1-15-8-9(7-14-15)6-12(16)10-4-2-3-5-11(10)13/h2-5,7-8,12,16H,6H2,1H3. The van der Waals surface area contributed by atoms with Crippen LogP contribution in [0.15, 0.2) is 41.1 Å². The van der Waals surface area contributed by atoms with E-state index >= 15 is 0 Å². The lowest BCUT2D eigenvalue weighted by Gasteiger charge is -2.11. The van der Waals surface area contributed by atoms with E-state index in [1.807, 2.05) is 37.5 Å². The highest BCUT2D eigenvalue weighted by Crippen LogP contribution is 2.25. The minimum atomic E-state index is -0.500. The van der Waals surface area contributed by atoms with Crippen molar-refractivity contribution in [2.45, 2.75) is 12.5 Å². The van der Waals surface area contributed by atoms with E-state index in [1.54, 1.807) is 10.9 Å². The van der Waals surface area contributed by atoms with Crippen molar-refractivity contribution < 1.29 is 5.11 Å². The zero-order valence-corrected chi connectivity index (χ0v) is 10.6. The van der Waals surface area contributed by atoms with Gasteiger partial charge in [0.1, 0.15) is 0 Å². The molecule has 3 nitrogen and oxygen atoms in total. The summed E-state index contributed by atoms with van der Waals surface area (Å²) in [5.41, 5.74) is 1.94. The third-order valence-corrected chi connectivity index (χ3v) is 3.17. The van der Waals surface area contributed by atoms with Crippen LogP contribution >= 0.6 is 15.9 Å². The van der Waals surface area contributed by atoms with Crippen LogP contribution in [0, 0.1) is 0 Å². The van der Waals surface area contributed by atoms with E-state index in [0.29, 0.717) is 6.42 Å². The summed E-state index contributed by atoms with van der Waals surface area (Å²) in [6, 6.07) is 7.71. The Kier molecular flexibility index (Phi) is 3.41. The lowest BCUT2D eigenvalue weighted by Crippen LogP contribution is -2.01. The van der Waals surface area contributed by atoms with Crippen molar-refractivity contribution >= 4 is 15.9 Å². The molecular weight excluding hydrogens is 268 g/mol. The molecule has 84 valence electrons. The summed E-state index contributed by atoms with van der Waals surface area (Å²) in [6.07, 6.45) is 3.77. The molecule has 1 heterocycles. The molecule has 4 heteroatoms. The first-order valence-corrected chi connectivity index (χ1v) is 5.86. The number of rotatable bonds is 3. The molecule has 0 radical (unpaired) electrons. The minimum Gasteiger partial charge on any atom is -0.388 e. The molecular formula is C12H13BrN2O. The van der Waals surface area contributed by atoms with Gasteiger partial charge in [0.15, 0.2) is 0 Å². The summed E-state index contributed by atoms with van der Waals surface area (Å²) in [4.78, 5) is 0. The first kappa shape index (κ1) is 11.4. The predicted molar refractivity (Wildman–Crippen MR) is 66.0 cm³/mol. The highest BCUT2D eigenvalue weighted by Gasteiger charge is 2.12. The van der Waals surface area contributed by atoms with Crippen LogP contribution in [0.25, 0.3) is 0 Å². The average Bonchev–Trinajstić information content (AvgIpc) is 2.64. The summed E-state index contributed by atoms with van der Waals surface area (Å²) >= 11 is 3.43. The lowest BCUT2D eigenvalue weighted by atomic mass is 10.0. The molecule has 0 aliphatic rings. The van der Waals surface area contributed by atoms with Crippen molar-refractivity contribution in [3.63, 3.8) is 0 Å². The van der Waals surface area contributed by atoms with Gasteiger partial charge in [0.2, 0.25) is 0 Å². The van der Waals surface area contributed by atoms with E-state index in [1.165, 1.54) is 0 Å². The molecule has 0 spiro atoms. The summed E-state index contributed by atoms with van der Waals surface area (Å²) in [5.74, 6) is 0. The Morgan fingerprint density at radius 1 is 1.44 bits per heavy atom. The Labute approximate surface area is 103 Å². The Hall–Kier alpha value is -1.13. The third-order valence-electron chi connectivity index (χ3n) is 2.45. The Bertz CT molecular complexity index is 481. The Morgan fingerprint density at radius 3 is 2.81 bits per heavy atom. The van der Waals surface area contributed by atoms with Gasteiger partial charge in [-0.1, -0.05) is 34.1 Å². The molecule has 2 aromatic rings. The second kappa shape index (κ2) is 4.80. The number of aliphatic hydroxyl groups excluding tert-OH is 1. The normalized spacial score (nSPS) is 12.7. The predicted octanol–water partition coefficient (Wildman–Crippen LogP) is 2.46. The van der Waals surface area contributed by atoms with Gasteiger partial charge in [0, 0.05) is 24.1 Å². The number of nitrogens with zero attached hydrogens (tertiary/aromatic N) is 2. The topological polar surface area (TPSA) is 38.0 Å². The largest absolute Gasteiger partial charge is 0.388 e. The van der Waals surface area contributed by atoms with Gasteiger partial charge in [0.05, 0.1) is 12.3 Å². The van der Waals surface area contributed by atoms with Crippen molar-refractivity contribution in [3.05, 3.63) is 52.3 Å². The first-order chi connectivity index (χ1) is 7.66. The van der Waals surface area contributed by atoms with Crippen LogP contribution in [0.5, 0.6) is 0 Å². The maximum Gasteiger partial charge on any atom is 0.0842 e. The van der Waals surface area contributed by atoms with Gasteiger partial charge in [-0.3, -0.25) is 4.68 Å². The molecule has 0 aliphatic heterocycles. The van der Waals surface area contributed by atoms with Crippen LogP contribution in [-0.4, -0.2) is 14.9 Å². The lowest BCUT2D eigenvalue weighted by molar-refractivity contribution is 0.177. The maximum atomic E-state index is 10.1. The molecule has 0 saturated heterocycles. The van der Waals surface area contributed by atoms with Gasteiger partial charge >= 0.3 is 0 Å². The fourth-order valence-electron chi connectivity index (χ4n) is 1.66. The smallest absolute Gasteiger partial charge is 0.0842 e. The van der Waals surface area contributed by atoms with Crippen LogP contribution in [0.2, 0.25) is 0 Å². The second-order valence-corrected chi connectivity index (χ2v) is 4.62. The zero-order valence-electron chi connectivity index (χ0n) is 8.97. The molecule has 0 bridgehead atoms. The summed E-state index contributed by atoms with van der Waals surface area (Å²) in [7, 11) is 1.87. The van der Waals surface area contributed by atoms with Crippen LogP contribution < -0.4 is 0 Å². The fraction of sp³-hybridized carbons (Fsp3) is 0.250. The monoisotopic (exact) mass is 280 g/mol. The number of aromatic nitrogens is 2. The average molecular weight is 281 g/mol. The van der Waals surface area contributed by atoms with E-state index < -0.39 is 6.10 Å². The van der Waals surface area contributed by atoms with Crippen LogP contribution in [-0.2, 0) is 13.5 Å². The molecule has 1 unspecified atom stereocenters. The summed E-state index contributed by atoms with van der Waals surface area (Å²) < 4.78 is 2.67. The molecule has 1 N–H and O–H groups in total. The van der Waals surface area contributed by atoms with Gasteiger partial charge in [-0.2, -0.15) is 5.10 Å². The second-order valence-electron chi connectivity index (χ2n) is 3.76. The molecule has 1 aromatic heterocycles. The molecule has 0 fully saturated rings. The Balaban J connectivity index is 2.14. The summed E-state index contributed by atoms with van der Waals surface area (Å²) in [6.45, 7) is 0. The Morgan fingerprint density at radius 2 is 2.19 bits per heavy atom. The van der Waals surface area contributed by atoms with Crippen LogP contribution in [0.1, 0.15) is 17.2 Å².